The van der Waals surface area contributed by atoms with Gasteiger partial charge in [0.25, 0.3) is 0 Å². The van der Waals surface area contributed by atoms with Gasteiger partial charge in [-0.1, -0.05) is 11.6 Å². The lowest BCUT2D eigenvalue weighted by Crippen LogP contribution is -2.00. The highest BCUT2D eigenvalue weighted by atomic mass is 35.5. The van der Waals surface area contributed by atoms with Crippen LogP contribution in [-0.2, 0) is 11.3 Å². The van der Waals surface area contributed by atoms with Crippen molar-refractivity contribution in [3.63, 3.8) is 0 Å². The van der Waals surface area contributed by atoms with Crippen LogP contribution >= 0.6 is 11.6 Å². The molecule has 0 heterocycles. The third-order valence-electron chi connectivity index (χ3n) is 1.73. The minimum Gasteiger partial charge on any atom is -0.492 e. The van der Waals surface area contributed by atoms with Crippen LogP contribution in [-0.4, -0.2) is 13.7 Å². The van der Waals surface area contributed by atoms with Gasteiger partial charge in [0.05, 0.1) is 18.2 Å². The van der Waals surface area contributed by atoms with Crippen LogP contribution in [0, 0.1) is 0 Å². The lowest BCUT2D eigenvalue weighted by molar-refractivity contribution is 0.180. The molecule has 0 bridgehead atoms. The van der Waals surface area contributed by atoms with E-state index in [0.717, 1.165) is 5.56 Å². The molecule has 0 atom stereocenters. The van der Waals surface area contributed by atoms with Gasteiger partial charge < -0.3 is 15.2 Å². The second kappa shape index (κ2) is 5.08. The Labute approximate surface area is 88.8 Å². The molecule has 3 nitrogen and oxygen atoms in total. The highest BCUT2D eigenvalue weighted by Gasteiger charge is 2.09. The number of nitrogen functional groups attached to an aromatic ring is 1. The van der Waals surface area contributed by atoms with Crippen LogP contribution in [0.25, 0.3) is 0 Å². The van der Waals surface area contributed by atoms with Gasteiger partial charge in [-0.25, -0.2) is 0 Å². The molecule has 78 valence electrons. The van der Waals surface area contributed by atoms with Crippen molar-refractivity contribution in [3.8, 4) is 5.75 Å². The summed E-state index contributed by atoms with van der Waals surface area (Å²) in [7, 11) is 1.62. The zero-order chi connectivity index (χ0) is 10.6. The molecule has 0 amide bonds. The fourth-order valence-corrected chi connectivity index (χ4v) is 1.54. The number of hydrogen-bond donors (Lipinski definition) is 1. The number of rotatable bonds is 4. The first-order valence-corrected chi connectivity index (χ1v) is 4.76. The maximum absolute atomic E-state index is 5.99. The minimum atomic E-state index is 0.445. The Kier molecular flexibility index (Phi) is 4.04. The summed E-state index contributed by atoms with van der Waals surface area (Å²) in [4.78, 5) is 0. The van der Waals surface area contributed by atoms with Crippen molar-refractivity contribution in [2.24, 2.45) is 0 Å². The number of halogens is 1. The molecule has 0 aliphatic carbocycles. The molecular weight excluding hydrogens is 202 g/mol. The van der Waals surface area contributed by atoms with E-state index in [4.69, 9.17) is 26.8 Å². The molecule has 0 saturated carbocycles. The third kappa shape index (κ3) is 2.53. The predicted molar refractivity (Wildman–Crippen MR) is 57.7 cm³/mol. The van der Waals surface area contributed by atoms with E-state index < -0.39 is 0 Å². The van der Waals surface area contributed by atoms with Gasteiger partial charge in [-0.15, -0.1) is 0 Å². The van der Waals surface area contributed by atoms with Crippen LogP contribution < -0.4 is 10.5 Å². The number of nitrogens with two attached hydrogens (primary N) is 1. The topological polar surface area (TPSA) is 44.5 Å². The first-order chi connectivity index (χ1) is 6.69. The normalized spacial score (nSPS) is 10.2. The van der Waals surface area contributed by atoms with E-state index >= 15 is 0 Å². The van der Waals surface area contributed by atoms with Crippen LogP contribution in [0.2, 0.25) is 5.02 Å². The standard InChI is InChI=1S/C10H14ClNO2/c1-3-14-10-7(6-13-2)4-8(12)5-9(10)11/h4-5H,3,6,12H2,1-2H3. The fourth-order valence-electron chi connectivity index (χ4n) is 1.24. The Morgan fingerprint density at radius 3 is 2.71 bits per heavy atom. The number of ether oxygens (including phenoxy) is 2. The zero-order valence-corrected chi connectivity index (χ0v) is 9.10. The first-order valence-electron chi connectivity index (χ1n) is 4.38. The predicted octanol–water partition coefficient (Wildman–Crippen LogP) is 2.47. The molecule has 1 aromatic carbocycles. The van der Waals surface area contributed by atoms with Gasteiger partial charge in [-0.2, -0.15) is 0 Å². The van der Waals surface area contributed by atoms with Gasteiger partial charge in [0.2, 0.25) is 0 Å². The van der Waals surface area contributed by atoms with E-state index in [0.29, 0.717) is 29.7 Å². The van der Waals surface area contributed by atoms with Crippen LogP contribution in [0.1, 0.15) is 12.5 Å². The highest BCUT2D eigenvalue weighted by Crippen LogP contribution is 2.31. The van der Waals surface area contributed by atoms with Crippen LogP contribution in [0.15, 0.2) is 12.1 Å². The van der Waals surface area contributed by atoms with Crippen molar-refractivity contribution < 1.29 is 9.47 Å². The van der Waals surface area contributed by atoms with E-state index in [1.165, 1.54) is 0 Å². The van der Waals surface area contributed by atoms with Gasteiger partial charge >= 0.3 is 0 Å². The molecule has 1 aromatic rings. The Morgan fingerprint density at radius 2 is 2.14 bits per heavy atom. The largest absolute Gasteiger partial charge is 0.492 e. The lowest BCUT2D eigenvalue weighted by atomic mass is 10.2. The molecule has 14 heavy (non-hydrogen) atoms. The number of methoxy groups -OCH3 is 1. The Balaban J connectivity index is 3.07. The molecule has 0 saturated heterocycles. The molecular formula is C10H14ClNO2. The van der Waals surface area contributed by atoms with Gasteiger partial charge in [0.1, 0.15) is 5.75 Å². The van der Waals surface area contributed by atoms with E-state index in [1.54, 1.807) is 19.2 Å². The molecule has 0 aromatic heterocycles. The van der Waals surface area contributed by atoms with Crippen molar-refractivity contribution >= 4 is 17.3 Å². The SMILES string of the molecule is CCOc1c(Cl)cc(N)cc1COC. The number of anilines is 1. The highest BCUT2D eigenvalue weighted by molar-refractivity contribution is 6.32. The first kappa shape index (κ1) is 11.1. The maximum Gasteiger partial charge on any atom is 0.143 e. The molecule has 0 spiro atoms. The van der Waals surface area contributed by atoms with Crippen molar-refractivity contribution in [3.05, 3.63) is 22.7 Å². The second-order valence-electron chi connectivity index (χ2n) is 2.86. The summed E-state index contributed by atoms with van der Waals surface area (Å²) in [5.41, 5.74) is 7.15. The molecule has 0 unspecified atom stereocenters. The minimum absolute atomic E-state index is 0.445. The van der Waals surface area contributed by atoms with E-state index in [2.05, 4.69) is 0 Å². The summed E-state index contributed by atoms with van der Waals surface area (Å²) in [6.45, 7) is 2.92. The van der Waals surface area contributed by atoms with Crippen LogP contribution in [0.5, 0.6) is 5.75 Å². The summed E-state index contributed by atoms with van der Waals surface area (Å²) in [5, 5.41) is 0.527. The molecule has 0 radical (unpaired) electrons. The Bertz CT molecular complexity index is 315. The summed E-state index contributed by atoms with van der Waals surface area (Å²) < 4.78 is 10.4. The lowest BCUT2D eigenvalue weighted by Gasteiger charge is -2.12. The third-order valence-corrected chi connectivity index (χ3v) is 2.01. The molecule has 0 aliphatic rings. The van der Waals surface area contributed by atoms with E-state index in [9.17, 15) is 0 Å². The summed E-state index contributed by atoms with van der Waals surface area (Å²) in [6, 6.07) is 3.48. The zero-order valence-electron chi connectivity index (χ0n) is 8.34. The van der Waals surface area contributed by atoms with Crippen molar-refractivity contribution in [2.75, 3.05) is 19.5 Å². The van der Waals surface area contributed by atoms with E-state index in [-0.39, 0.29) is 0 Å². The van der Waals surface area contributed by atoms with Crippen molar-refractivity contribution in [1.82, 2.24) is 0 Å². The Morgan fingerprint density at radius 1 is 1.43 bits per heavy atom. The quantitative estimate of drug-likeness (QED) is 0.785. The van der Waals surface area contributed by atoms with Crippen LogP contribution in [0.3, 0.4) is 0 Å². The number of hydrogen-bond acceptors (Lipinski definition) is 3. The van der Waals surface area contributed by atoms with Crippen molar-refractivity contribution in [2.45, 2.75) is 13.5 Å². The molecule has 4 heteroatoms. The van der Waals surface area contributed by atoms with Gasteiger partial charge in [-0.05, 0) is 19.1 Å². The second-order valence-corrected chi connectivity index (χ2v) is 3.26. The molecule has 2 N–H and O–H groups in total. The number of benzene rings is 1. The maximum atomic E-state index is 5.99. The van der Waals surface area contributed by atoms with Crippen LogP contribution in [0.4, 0.5) is 5.69 Å². The van der Waals surface area contributed by atoms with Gasteiger partial charge in [0.15, 0.2) is 0 Å². The molecule has 0 fully saturated rings. The Hall–Kier alpha value is -0.930. The smallest absolute Gasteiger partial charge is 0.143 e. The van der Waals surface area contributed by atoms with E-state index in [1.807, 2.05) is 6.92 Å². The van der Waals surface area contributed by atoms with Gasteiger partial charge in [0, 0.05) is 18.4 Å². The average molecular weight is 216 g/mol. The molecule has 0 aliphatic heterocycles. The van der Waals surface area contributed by atoms with Gasteiger partial charge in [-0.3, -0.25) is 0 Å². The summed E-state index contributed by atoms with van der Waals surface area (Å²) >= 11 is 5.99. The summed E-state index contributed by atoms with van der Waals surface area (Å²) in [6.07, 6.45) is 0. The fraction of sp³-hybridized carbons (Fsp3) is 0.400. The van der Waals surface area contributed by atoms with Crippen molar-refractivity contribution in [1.29, 1.82) is 0 Å². The molecule has 1 rings (SSSR count). The monoisotopic (exact) mass is 215 g/mol. The average Bonchev–Trinajstić information content (AvgIpc) is 2.11. The summed E-state index contributed by atoms with van der Waals surface area (Å²) in [5.74, 6) is 0.658.